The van der Waals surface area contributed by atoms with Crippen molar-refractivity contribution in [2.45, 2.75) is 0 Å². The summed E-state index contributed by atoms with van der Waals surface area (Å²) in [6, 6.07) is 30.0. The van der Waals surface area contributed by atoms with Crippen LogP contribution in [-0.4, -0.2) is 9.05 Å². The molecule has 0 saturated heterocycles. The van der Waals surface area contributed by atoms with Crippen LogP contribution in [0.2, 0.25) is 0 Å². The van der Waals surface area contributed by atoms with Gasteiger partial charge in [0.05, 0.1) is 0 Å². The molecule has 0 atom stereocenters. The highest BCUT2D eigenvalue weighted by molar-refractivity contribution is 6.57. The highest BCUT2D eigenvalue weighted by Gasteiger charge is 2.59. The van der Waals surface area contributed by atoms with Crippen LogP contribution < -0.4 is 17.7 Å². The van der Waals surface area contributed by atoms with Gasteiger partial charge in [0.2, 0.25) is 0 Å². The lowest BCUT2D eigenvalue weighted by molar-refractivity contribution is 0.160. The van der Waals surface area contributed by atoms with Gasteiger partial charge in [-0.05, 0) is 24.3 Å². The van der Waals surface area contributed by atoms with E-state index < -0.39 is 9.05 Å². The SMILES string of the molecule is C=Cc1ccccc1O[Si](Oc1ccccc1C=C)(Oc1ccccc1C=C)Oc1ccccc1C=C. The number of para-hydroxylation sites is 4. The lowest BCUT2D eigenvalue weighted by Gasteiger charge is -2.30. The molecule has 0 spiro atoms. The molecule has 5 heteroatoms. The van der Waals surface area contributed by atoms with Crippen molar-refractivity contribution in [2.75, 3.05) is 0 Å². The molecule has 4 aromatic carbocycles. The molecule has 0 N–H and O–H groups in total. The van der Waals surface area contributed by atoms with E-state index in [2.05, 4.69) is 26.3 Å². The molecule has 4 nitrogen and oxygen atoms in total. The van der Waals surface area contributed by atoms with Crippen LogP contribution in [0, 0.1) is 0 Å². The van der Waals surface area contributed by atoms with Gasteiger partial charge in [-0.25, -0.2) is 0 Å². The minimum atomic E-state index is -4.14. The van der Waals surface area contributed by atoms with Crippen molar-refractivity contribution in [3.8, 4) is 23.0 Å². The summed E-state index contributed by atoms with van der Waals surface area (Å²) >= 11 is 0. The van der Waals surface area contributed by atoms with Crippen molar-refractivity contribution in [2.24, 2.45) is 0 Å². The molecule has 0 unspecified atom stereocenters. The third-order valence-corrected chi connectivity index (χ3v) is 7.38. The summed E-state index contributed by atoms with van der Waals surface area (Å²) in [7, 11) is -4.14. The molecule has 0 radical (unpaired) electrons. The van der Waals surface area contributed by atoms with E-state index in [0.717, 1.165) is 22.3 Å². The van der Waals surface area contributed by atoms with Crippen LogP contribution in [0.1, 0.15) is 22.3 Å². The third-order valence-electron chi connectivity index (χ3n) is 5.50. The molecule has 0 saturated carbocycles. The van der Waals surface area contributed by atoms with Crippen molar-refractivity contribution in [1.29, 1.82) is 0 Å². The maximum absolute atomic E-state index is 6.63. The summed E-state index contributed by atoms with van der Waals surface area (Å²) in [6.07, 6.45) is 6.84. The van der Waals surface area contributed by atoms with Gasteiger partial charge in [0.15, 0.2) is 0 Å². The first-order valence-corrected chi connectivity index (χ1v) is 13.4. The van der Waals surface area contributed by atoms with Crippen LogP contribution in [0.25, 0.3) is 24.3 Å². The quantitative estimate of drug-likeness (QED) is 0.182. The summed E-state index contributed by atoms with van der Waals surface area (Å²) in [5, 5.41) is 0. The summed E-state index contributed by atoms with van der Waals surface area (Å²) in [4.78, 5) is 0. The molecule has 0 aliphatic heterocycles. The molecule has 0 fully saturated rings. The third kappa shape index (κ3) is 5.91. The number of hydrogen-bond acceptors (Lipinski definition) is 4. The second kappa shape index (κ2) is 11.8. The number of hydrogen-bond donors (Lipinski definition) is 0. The van der Waals surface area contributed by atoms with E-state index in [1.807, 2.05) is 97.1 Å². The molecule has 0 aliphatic carbocycles. The Hall–Kier alpha value is -4.74. The van der Waals surface area contributed by atoms with E-state index in [4.69, 9.17) is 17.7 Å². The topological polar surface area (TPSA) is 36.9 Å². The highest BCUT2D eigenvalue weighted by atomic mass is 28.4. The molecule has 4 rings (SSSR count). The van der Waals surface area contributed by atoms with Gasteiger partial charge >= 0.3 is 9.05 Å². The first kappa shape index (κ1) is 25.4. The fourth-order valence-corrected chi connectivity index (χ4v) is 5.70. The lowest BCUT2D eigenvalue weighted by atomic mass is 10.2. The van der Waals surface area contributed by atoms with Gasteiger partial charge in [0, 0.05) is 22.3 Å². The number of rotatable bonds is 12. The van der Waals surface area contributed by atoms with Crippen LogP contribution in [0.3, 0.4) is 0 Å². The summed E-state index contributed by atoms with van der Waals surface area (Å²) < 4.78 is 26.5. The minimum Gasteiger partial charge on any atom is -0.452 e. The lowest BCUT2D eigenvalue weighted by Crippen LogP contribution is -2.61. The smallest absolute Gasteiger partial charge is 0.452 e. The molecule has 0 amide bonds. The van der Waals surface area contributed by atoms with E-state index >= 15 is 0 Å². The molecular formula is C32H28O4Si. The Morgan fingerprint density at radius 1 is 0.378 bits per heavy atom. The van der Waals surface area contributed by atoms with Gasteiger partial charge in [0.25, 0.3) is 0 Å². The average Bonchev–Trinajstić information content (AvgIpc) is 2.94. The Balaban J connectivity index is 1.94. The monoisotopic (exact) mass is 504 g/mol. The van der Waals surface area contributed by atoms with E-state index in [1.165, 1.54) is 0 Å². The first-order chi connectivity index (χ1) is 18.1. The van der Waals surface area contributed by atoms with Gasteiger partial charge in [-0.15, -0.1) is 0 Å². The summed E-state index contributed by atoms with van der Waals surface area (Å²) in [5.74, 6) is 2.03. The Bertz CT molecular complexity index is 1210. The van der Waals surface area contributed by atoms with Crippen molar-refractivity contribution in [1.82, 2.24) is 0 Å². The van der Waals surface area contributed by atoms with Gasteiger partial charge in [-0.3, -0.25) is 0 Å². The zero-order valence-corrected chi connectivity index (χ0v) is 21.5. The second-order valence-electron chi connectivity index (χ2n) is 7.88. The first-order valence-electron chi connectivity index (χ1n) is 11.7. The van der Waals surface area contributed by atoms with Gasteiger partial charge in [0.1, 0.15) is 23.0 Å². The second-order valence-corrected chi connectivity index (χ2v) is 9.69. The van der Waals surface area contributed by atoms with E-state index in [9.17, 15) is 0 Å². The zero-order chi connectivity index (χ0) is 26.1. The van der Waals surface area contributed by atoms with Gasteiger partial charge in [-0.2, -0.15) is 0 Å². The van der Waals surface area contributed by atoms with E-state index in [1.54, 1.807) is 24.3 Å². The van der Waals surface area contributed by atoms with Crippen molar-refractivity contribution >= 4 is 33.4 Å². The molecule has 184 valence electrons. The summed E-state index contributed by atoms with van der Waals surface area (Å²) in [6.45, 7) is 15.7. The standard InChI is InChI=1S/C32H28O4Si/c1-5-25-17-9-13-21-29(25)33-37(34-30-22-14-10-18-26(30)6-2,35-31-23-15-11-19-27(31)7-3)36-32-24-16-12-20-28(32)8-4/h5-24H,1-4H2. The normalized spacial score (nSPS) is 10.6. The van der Waals surface area contributed by atoms with Crippen molar-refractivity contribution in [3.05, 3.63) is 146 Å². The van der Waals surface area contributed by atoms with Crippen LogP contribution in [0.5, 0.6) is 23.0 Å². The largest absolute Gasteiger partial charge is 0.966 e. The zero-order valence-electron chi connectivity index (χ0n) is 20.5. The predicted molar refractivity (Wildman–Crippen MR) is 154 cm³/mol. The number of benzene rings is 4. The van der Waals surface area contributed by atoms with Crippen LogP contribution in [0.15, 0.2) is 123 Å². The maximum Gasteiger partial charge on any atom is 0.966 e. The Labute approximate surface area is 219 Å². The highest BCUT2D eigenvalue weighted by Crippen LogP contribution is 2.33. The fraction of sp³-hybridized carbons (Fsp3) is 0. The molecule has 0 aliphatic rings. The predicted octanol–water partition coefficient (Wildman–Crippen LogP) is 8.31. The van der Waals surface area contributed by atoms with Gasteiger partial charge in [-0.1, -0.05) is 123 Å². The maximum atomic E-state index is 6.63. The Morgan fingerprint density at radius 3 is 0.811 bits per heavy atom. The van der Waals surface area contributed by atoms with E-state index in [0.29, 0.717) is 23.0 Å². The van der Waals surface area contributed by atoms with Crippen molar-refractivity contribution < 1.29 is 17.7 Å². The van der Waals surface area contributed by atoms with Crippen LogP contribution in [0.4, 0.5) is 0 Å². The van der Waals surface area contributed by atoms with E-state index in [-0.39, 0.29) is 0 Å². The van der Waals surface area contributed by atoms with Crippen LogP contribution in [-0.2, 0) is 0 Å². The Kier molecular flexibility index (Phi) is 8.08. The van der Waals surface area contributed by atoms with Gasteiger partial charge < -0.3 is 17.7 Å². The molecule has 0 bridgehead atoms. The molecule has 0 aromatic heterocycles. The van der Waals surface area contributed by atoms with Crippen LogP contribution >= 0.6 is 0 Å². The van der Waals surface area contributed by atoms with Crippen molar-refractivity contribution in [3.63, 3.8) is 0 Å². The fourth-order valence-electron chi connectivity index (χ4n) is 3.63. The Morgan fingerprint density at radius 2 is 0.595 bits per heavy atom. The average molecular weight is 505 g/mol. The molecule has 4 aromatic rings. The molecular weight excluding hydrogens is 476 g/mol. The summed E-state index contributed by atoms with van der Waals surface area (Å²) in [5.41, 5.74) is 3.06. The minimum absolute atomic E-state index is 0.507. The molecule has 0 heterocycles. The molecule has 37 heavy (non-hydrogen) atoms.